The van der Waals surface area contributed by atoms with Gasteiger partial charge in [0.15, 0.2) is 0 Å². The van der Waals surface area contributed by atoms with Gasteiger partial charge < -0.3 is 15.4 Å². The number of likely N-dealkylation sites (N-methyl/N-ethyl adjacent to an activating group) is 1. The smallest absolute Gasteiger partial charge is 0.222 e. The van der Waals surface area contributed by atoms with E-state index in [1.807, 2.05) is 14.0 Å². The van der Waals surface area contributed by atoms with Crippen molar-refractivity contribution in [1.82, 2.24) is 4.90 Å². The van der Waals surface area contributed by atoms with E-state index in [1.165, 1.54) is 6.42 Å². The van der Waals surface area contributed by atoms with Crippen molar-refractivity contribution in [3.8, 4) is 0 Å². The molecule has 0 aliphatic heterocycles. The largest absolute Gasteiger partial charge is 0.380 e. The normalized spacial score (nSPS) is 24.6. The molecule has 0 saturated heterocycles. The van der Waals surface area contributed by atoms with Crippen molar-refractivity contribution in [3.63, 3.8) is 0 Å². The minimum absolute atomic E-state index is 0.226. The maximum atomic E-state index is 11.9. The summed E-state index contributed by atoms with van der Waals surface area (Å²) >= 11 is 0. The molecule has 0 heterocycles. The van der Waals surface area contributed by atoms with E-state index in [0.29, 0.717) is 38.1 Å². The van der Waals surface area contributed by atoms with Crippen LogP contribution < -0.4 is 5.73 Å². The third kappa shape index (κ3) is 5.50. The first-order valence-electron chi connectivity index (χ1n) is 6.70. The molecule has 17 heavy (non-hydrogen) atoms. The number of ether oxygens (including phenoxy) is 1. The predicted octanol–water partition coefficient (Wildman–Crippen LogP) is 1.39. The van der Waals surface area contributed by atoms with E-state index in [9.17, 15) is 4.79 Å². The summed E-state index contributed by atoms with van der Waals surface area (Å²) in [5.41, 5.74) is 5.93. The average molecular weight is 242 g/mol. The lowest BCUT2D eigenvalue weighted by molar-refractivity contribution is -0.131. The third-order valence-corrected chi connectivity index (χ3v) is 3.49. The number of amides is 1. The molecule has 1 fully saturated rings. The highest BCUT2D eigenvalue weighted by atomic mass is 16.5. The van der Waals surface area contributed by atoms with E-state index in [-0.39, 0.29) is 5.91 Å². The van der Waals surface area contributed by atoms with Crippen LogP contribution in [0.25, 0.3) is 0 Å². The Kier molecular flexibility index (Phi) is 6.52. The van der Waals surface area contributed by atoms with Gasteiger partial charge in [-0.05, 0) is 32.1 Å². The first kappa shape index (κ1) is 14.5. The molecule has 0 radical (unpaired) electrons. The van der Waals surface area contributed by atoms with E-state index in [0.717, 1.165) is 19.3 Å². The van der Waals surface area contributed by atoms with Gasteiger partial charge in [-0.15, -0.1) is 0 Å². The molecule has 4 nitrogen and oxygen atoms in total. The molecule has 100 valence electrons. The highest BCUT2D eigenvalue weighted by molar-refractivity contribution is 5.76. The molecule has 0 spiro atoms. The number of hydrogen-bond acceptors (Lipinski definition) is 3. The maximum absolute atomic E-state index is 11.9. The quantitative estimate of drug-likeness (QED) is 0.716. The molecule has 0 aromatic rings. The van der Waals surface area contributed by atoms with Crippen LogP contribution in [0.5, 0.6) is 0 Å². The fraction of sp³-hybridized carbons (Fsp3) is 0.923. The summed E-state index contributed by atoms with van der Waals surface area (Å²) in [5.74, 6) is 0.713. The van der Waals surface area contributed by atoms with E-state index >= 15 is 0 Å². The second-order valence-corrected chi connectivity index (χ2v) is 5.01. The average Bonchev–Trinajstić information content (AvgIpc) is 2.29. The van der Waals surface area contributed by atoms with Gasteiger partial charge in [0.05, 0.1) is 6.61 Å². The molecule has 1 amide bonds. The zero-order valence-electron chi connectivity index (χ0n) is 11.2. The molecule has 0 aromatic heterocycles. The van der Waals surface area contributed by atoms with Crippen LogP contribution in [0.2, 0.25) is 0 Å². The van der Waals surface area contributed by atoms with Crippen molar-refractivity contribution < 1.29 is 9.53 Å². The second-order valence-electron chi connectivity index (χ2n) is 5.01. The Balaban J connectivity index is 2.22. The minimum Gasteiger partial charge on any atom is -0.380 e. The Morgan fingerprint density at radius 3 is 2.88 bits per heavy atom. The molecule has 0 aromatic carbocycles. The van der Waals surface area contributed by atoms with Crippen LogP contribution in [-0.4, -0.2) is 43.7 Å². The summed E-state index contributed by atoms with van der Waals surface area (Å²) in [6, 6.07) is 0.301. The van der Waals surface area contributed by atoms with Crippen molar-refractivity contribution in [1.29, 1.82) is 0 Å². The summed E-state index contributed by atoms with van der Waals surface area (Å²) in [7, 11) is 1.85. The lowest BCUT2D eigenvalue weighted by Crippen LogP contribution is -2.34. The minimum atomic E-state index is 0.226. The van der Waals surface area contributed by atoms with Gasteiger partial charge in [0, 0.05) is 32.7 Å². The number of carbonyl (C=O) groups is 1. The van der Waals surface area contributed by atoms with Gasteiger partial charge in [-0.25, -0.2) is 0 Å². The van der Waals surface area contributed by atoms with Crippen LogP contribution in [-0.2, 0) is 9.53 Å². The predicted molar refractivity (Wildman–Crippen MR) is 68.7 cm³/mol. The van der Waals surface area contributed by atoms with Crippen LogP contribution in [0.15, 0.2) is 0 Å². The van der Waals surface area contributed by atoms with Crippen molar-refractivity contribution >= 4 is 5.91 Å². The zero-order valence-corrected chi connectivity index (χ0v) is 11.2. The number of carbonyl (C=O) groups excluding carboxylic acids is 1. The Labute approximate surface area is 104 Å². The molecule has 0 bridgehead atoms. The molecule has 2 N–H and O–H groups in total. The highest BCUT2D eigenvalue weighted by Gasteiger charge is 2.22. The van der Waals surface area contributed by atoms with E-state index in [2.05, 4.69) is 0 Å². The molecular formula is C13H26N2O2. The monoisotopic (exact) mass is 242 g/mol. The first-order chi connectivity index (χ1) is 8.13. The van der Waals surface area contributed by atoms with Gasteiger partial charge in [0.25, 0.3) is 0 Å². The SMILES string of the molecule is CCOCCN(C)C(=O)CC1CCCC(N)C1. The summed E-state index contributed by atoms with van der Waals surface area (Å²) in [6.45, 7) is 3.99. The van der Waals surface area contributed by atoms with E-state index < -0.39 is 0 Å². The summed E-state index contributed by atoms with van der Waals surface area (Å²) < 4.78 is 5.25. The first-order valence-corrected chi connectivity index (χ1v) is 6.70. The third-order valence-electron chi connectivity index (χ3n) is 3.49. The van der Waals surface area contributed by atoms with E-state index in [1.54, 1.807) is 4.90 Å². The van der Waals surface area contributed by atoms with Crippen LogP contribution in [0.1, 0.15) is 39.0 Å². The maximum Gasteiger partial charge on any atom is 0.222 e. The fourth-order valence-electron chi connectivity index (χ4n) is 2.39. The number of nitrogens with zero attached hydrogens (tertiary/aromatic N) is 1. The molecule has 4 heteroatoms. The summed E-state index contributed by atoms with van der Waals surface area (Å²) in [5, 5.41) is 0. The highest BCUT2D eigenvalue weighted by Crippen LogP contribution is 2.26. The molecular weight excluding hydrogens is 216 g/mol. The standard InChI is InChI=1S/C13H26N2O2/c1-3-17-8-7-15(2)13(16)10-11-5-4-6-12(14)9-11/h11-12H,3-10,14H2,1-2H3. The lowest BCUT2D eigenvalue weighted by atomic mass is 9.84. The number of rotatable bonds is 6. The van der Waals surface area contributed by atoms with E-state index in [4.69, 9.17) is 10.5 Å². The molecule has 1 aliphatic carbocycles. The topological polar surface area (TPSA) is 55.6 Å². The van der Waals surface area contributed by atoms with Crippen molar-refractivity contribution in [3.05, 3.63) is 0 Å². The van der Waals surface area contributed by atoms with Crippen molar-refractivity contribution in [2.24, 2.45) is 11.7 Å². The summed E-state index contributed by atoms with van der Waals surface area (Å²) in [4.78, 5) is 13.7. The molecule has 1 aliphatic rings. The second kappa shape index (κ2) is 7.67. The van der Waals surface area contributed by atoms with Crippen LogP contribution >= 0.6 is 0 Å². The Hall–Kier alpha value is -0.610. The van der Waals surface area contributed by atoms with Crippen LogP contribution in [0, 0.1) is 5.92 Å². The zero-order chi connectivity index (χ0) is 12.7. The Morgan fingerprint density at radius 2 is 2.24 bits per heavy atom. The summed E-state index contributed by atoms with van der Waals surface area (Å²) in [6.07, 6.45) is 5.09. The molecule has 1 saturated carbocycles. The lowest BCUT2D eigenvalue weighted by Gasteiger charge is -2.27. The molecule has 1 rings (SSSR count). The van der Waals surface area contributed by atoms with Gasteiger partial charge in [-0.3, -0.25) is 4.79 Å². The molecule has 2 unspecified atom stereocenters. The fourth-order valence-corrected chi connectivity index (χ4v) is 2.39. The molecule has 2 atom stereocenters. The van der Waals surface area contributed by atoms with Gasteiger partial charge in [-0.2, -0.15) is 0 Å². The van der Waals surface area contributed by atoms with Gasteiger partial charge >= 0.3 is 0 Å². The van der Waals surface area contributed by atoms with Crippen LogP contribution in [0.3, 0.4) is 0 Å². The van der Waals surface area contributed by atoms with Crippen molar-refractivity contribution in [2.45, 2.75) is 45.1 Å². The van der Waals surface area contributed by atoms with Gasteiger partial charge in [-0.1, -0.05) is 6.42 Å². The van der Waals surface area contributed by atoms with Gasteiger partial charge in [0.1, 0.15) is 0 Å². The number of hydrogen-bond donors (Lipinski definition) is 1. The van der Waals surface area contributed by atoms with Gasteiger partial charge in [0.2, 0.25) is 5.91 Å². The van der Waals surface area contributed by atoms with Crippen molar-refractivity contribution in [2.75, 3.05) is 26.8 Å². The number of nitrogens with two attached hydrogens (primary N) is 1. The van der Waals surface area contributed by atoms with Crippen LogP contribution in [0.4, 0.5) is 0 Å². The Bertz CT molecular complexity index is 233. The Morgan fingerprint density at radius 1 is 1.47 bits per heavy atom.